The van der Waals surface area contributed by atoms with Gasteiger partial charge in [-0.25, -0.2) is 4.79 Å². The lowest BCUT2D eigenvalue weighted by molar-refractivity contribution is -0.118. The van der Waals surface area contributed by atoms with Crippen LogP contribution in [0.15, 0.2) is 53.1 Å². The molecule has 3 heterocycles. The highest BCUT2D eigenvalue weighted by atomic mass is 35.5. The fourth-order valence-electron chi connectivity index (χ4n) is 4.57. The maximum atomic E-state index is 12.8. The van der Waals surface area contributed by atoms with E-state index in [1.807, 2.05) is 18.2 Å². The Morgan fingerprint density at radius 2 is 1.92 bits per heavy atom. The largest absolute Gasteiger partial charge is 0.489 e. The van der Waals surface area contributed by atoms with E-state index >= 15 is 0 Å². The Hall–Kier alpha value is -3.33. The molecule has 10 heteroatoms. The van der Waals surface area contributed by atoms with Crippen LogP contribution < -0.4 is 9.64 Å². The highest BCUT2D eigenvalue weighted by Gasteiger charge is 2.34. The highest BCUT2D eigenvalue weighted by Crippen LogP contribution is 2.46. The number of nitrogens with zero attached hydrogens (tertiary/aromatic N) is 2. The van der Waals surface area contributed by atoms with Crippen molar-refractivity contribution < 1.29 is 24.0 Å². The van der Waals surface area contributed by atoms with Crippen molar-refractivity contribution >= 4 is 57.1 Å². The third kappa shape index (κ3) is 4.50. The summed E-state index contributed by atoms with van der Waals surface area (Å²) in [6.45, 7) is 0.223. The minimum atomic E-state index is -1.01. The second kappa shape index (κ2) is 9.52. The zero-order valence-corrected chi connectivity index (χ0v) is 21.7. The van der Waals surface area contributed by atoms with Crippen LogP contribution in [0.4, 0.5) is 10.7 Å². The van der Waals surface area contributed by atoms with E-state index in [0.717, 1.165) is 46.8 Å². The monoisotopic (exact) mass is 554 g/mol. The predicted octanol–water partition coefficient (Wildman–Crippen LogP) is 7.48. The number of hydrogen-bond acceptors (Lipinski definition) is 6. The van der Waals surface area contributed by atoms with Crippen molar-refractivity contribution in [2.45, 2.75) is 38.2 Å². The van der Waals surface area contributed by atoms with Gasteiger partial charge in [0.05, 0.1) is 21.3 Å². The Morgan fingerprint density at radius 1 is 1.14 bits per heavy atom. The number of aromatic nitrogens is 1. The molecule has 6 rings (SSSR count). The first-order valence-electron chi connectivity index (χ1n) is 11.8. The second-order valence-corrected chi connectivity index (χ2v) is 10.9. The second-order valence-electron chi connectivity index (χ2n) is 9.00. The first-order valence-corrected chi connectivity index (χ1v) is 13.3. The van der Waals surface area contributed by atoms with Gasteiger partial charge in [0.2, 0.25) is 5.91 Å². The van der Waals surface area contributed by atoms with Crippen molar-refractivity contribution in [3.8, 4) is 17.0 Å². The van der Waals surface area contributed by atoms with Gasteiger partial charge in [-0.2, -0.15) is 0 Å². The summed E-state index contributed by atoms with van der Waals surface area (Å²) in [6, 6.07) is 14.1. The first-order chi connectivity index (χ1) is 17.9. The minimum absolute atomic E-state index is 0.0697. The molecule has 2 aliphatic rings. The number of rotatable bonds is 7. The number of hydrogen-bond donors (Lipinski definition) is 1. The average molecular weight is 555 g/mol. The molecule has 0 spiro atoms. The molecular formula is C27H20Cl2N2O5S. The van der Waals surface area contributed by atoms with Crippen LogP contribution in [0.1, 0.15) is 51.7 Å². The van der Waals surface area contributed by atoms with Crippen molar-refractivity contribution in [3.63, 3.8) is 0 Å². The summed E-state index contributed by atoms with van der Waals surface area (Å²) in [5, 5.41) is 15.1. The van der Waals surface area contributed by atoms with Gasteiger partial charge in [-0.3, -0.25) is 9.69 Å². The summed E-state index contributed by atoms with van der Waals surface area (Å²) >= 11 is 14.0. The van der Waals surface area contributed by atoms with E-state index in [4.69, 9.17) is 32.5 Å². The van der Waals surface area contributed by atoms with Gasteiger partial charge in [0.15, 0.2) is 0 Å². The maximum Gasteiger partial charge on any atom is 0.345 e. The average Bonchev–Trinajstić information content (AvgIpc) is 3.45. The number of fused-ring (bicyclic) bond motifs is 1. The SMILES string of the molecule is O=C(O)c1ccc(N2C(=O)CCc3cc(OCc4c(-c5c(Cl)cccc5Cl)noc4C4CC4)ccc32)s1. The quantitative estimate of drug-likeness (QED) is 0.254. The van der Waals surface area contributed by atoms with Crippen LogP contribution in [-0.2, 0) is 17.8 Å². The van der Waals surface area contributed by atoms with Gasteiger partial charge in [-0.05, 0) is 67.3 Å². The van der Waals surface area contributed by atoms with E-state index in [2.05, 4.69) is 5.16 Å². The fraction of sp³-hybridized carbons (Fsp3) is 0.222. The van der Waals surface area contributed by atoms with E-state index in [0.29, 0.717) is 50.8 Å². The smallest absolute Gasteiger partial charge is 0.345 e. The van der Waals surface area contributed by atoms with Crippen LogP contribution in [0.2, 0.25) is 10.0 Å². The molecule has 1 fully saturated rings. The van der Waals surface area contributed by atoms with Crippen LogP contribution in [-0.4, -0.2) is 22.1 Å². The number of ether oxygens (including phenoxy) is 1. The number of thiophene rings is 1. The normalized spacial score (nSPS) is 15.1. The molecule has 0 unspecified atom stereocenters. The van der Waals surface area contributed by atoms with Gasteiger partial charge in [0, 0.05) is 17.9 Å². The highest BCUT2D eigenvalue weighted by molar-refractivity contribution is 7.18. The molecule has 2 aromatic heterocycles. The number of aryl methyl sites for hydroxylation is 1. The molecule has 0 saturated heterocycles. The third-order valence-corrected chi connectivity index (χ3v) is 8.21. The van der Waals surface area contributed by atoms with Crippen molar-refractivity contribution in [2.75, 3.05) is 4.90 Å². The van der Waals surface area contributed by atoms with Gasteiger partial charge >= 0.3 is 5.97 Å². The Labute approximate surface area is 226 Å². The lowest BCUT2D eigenvalue weighted by Gasteiger charge is -2.28. The number of benzene rings is 2. The number of amides is 1. The van der Waals surface area contributed by atoms with Gasteiger partial charge in [-0.1, -0.05) is 34.4 Å². The Morgan fingerprint density at radius 3 is 2.62 bits per heavy atom. The lowest BCUT2D eigenvalue weighted by atomic mass is 10.0. The predicted molar refractivity (Wildman–Crippen MR) is 141 cm³/mol. The van der Waals surface area contributed by atoms with E-state index in [9.17, 15) is 14.7 Å². The molecule has 188 valence electrons. The maximum absolute atomic E-state index is 12.8. The minimum Gasteiger partial charge on any atom is -0.489 e. The van der Waals surface area contributed by atoms with E-state index in [-0.39, 0.29) is 17.4 Å². The molecule has 1 N–H and O–H groups in total. The standard InChI is InChI=1S/C27H20Cl2N2O5S/c28-18-2-1-3-19(29)24(18)25-17(26(36-30-25)14-4-5-14)13-35-16-7-8-20-15(12-16)6-10-22(32)31(20)23-11-9-21(37-23)27(33)34/h1-3,7-9,11-12,14H,4-6,10,13H2,(H,33,34). The number of carbonyl (C=O) groups excluding carboxylic acids is 1. The summed E-state index contributed by atoms with van der Waals surface area (Å²) in [5.74, 6) is 0.671. The van der Waals surface area contributed by atoms with Crippen molar-refractivity contribution in [3.05, 3.63) is 80.3 Å². The lowest BCUT2D eigenvalue weighted by Crippen LogP contribution is -2.30. The van der Waals surface area contributed by atoms with Crippen LogP contribution in [0.3, 0.4) is 0 Å². The molecule has 0 atom stereocenters. The topological polar surface area (TPSA) is 92.9 Å². The van der Waals surface area contributed by atoms with E-state index < -0.39 is 5.97 Å². The molecule has 2 aromatic carbocycles. The number of carboxylic acids is 1. The van der Waals surface area contributed by atoms with Gasteiger partial charge in [-0.15, -0.1) is 11.3 Å². The van der Waals surface area contributed by atoms with Gasteiger partial charge in [0.1, 0.15) is 33.7 Å². The van der Waals surface area contributed by atoms with Crippen LogP contribution in [0, 0.1) is 0 Å². The molecule has 4 aromatic rings. The summed E-state index contributed by atoms with van der Waals surface area (Å²) in [7, 11) is 0. The number of aromatic carboxylic acids is 1. The number of carboxylic acid groups (broad SMARTS) is 1. The number of carbonyl (C=O) groups is 2. The summed E-state index contributed by atoms with van der Waals surface area (Å²) in [5.41, 5.74) is 3.71. The van der Waals surface area contributed by atoms with Crippen molar-refractivity contribution in [2.24, 2.45) is 0 Å². The Kier molecular flexibility index (Phi) is 6.18. The molecule has 37 heavy (non-hydrogen) atoms. The fourth-order valence-corrected chi connectivity index (χ4v) is 6.02. The first kappa shape index (κ1) is 24.0. The molecule has 0 radical (unpaired) electrons. The van der Waals surface area contributed by atoms with Crippen molar-refractivity contribution in [1.29, 1.82) is 0 Å². The number of halogens is 2. The van der Waals surface area contributed by atoms with Crippen molar-refractivity contribution in [1.82, 2.24) is 5.16 Å². The third-order valence-electron chi connectivity index (χ3n) is 6.52. The molecule has 7 nitrogen and oxygen atoms in total. The van der Waals surface area contributed by atoms with Crippen LogP contribution in [0.25, 0.3) is 11.3 Å². The molecule has 1 saturated carbocycles. The van der Waals surface area contributed by atoms with Gasteiger partial charge < -0.3 is 14.4 Å². The van der Waals surface area contributed by atoms with Gasteiger partial charge in [0.25, 0.3) is 0 Å². The molecule has 0 bridgehead atoms. The summed E-state index contributed by atoms with van der Waals surface area (Å²) < 4.78 is 11.9. The molecule has 1 aliphatic carbocycles. The van der Waals surface area contributed by atoms with Crippen LogP contribution >= 0.6 is 34.5 Å². The zero-order valence-electron chi connectivity index (χ0n) is 19.4. The number of anilines is 2. The molecule has 1 amide bonds. The Balaban J connectivity index is 1.29. The molecular weight excluding hydrogens is 535 g/mol. The van der Waals surface area contributed by atoms with E-state index in [1.165, 1.54) is 6.07 Å². The van der Waals surface area contributed by atoms with Crippen LogP contribution in [0.5, 0.6) is 5.75 Å². The Bertz CT molecular complexity index is 1520. The summed E-state index contributed by atoms with van der Waals surface area (Å²) in [6.07, 6.45) is 2.96. The molecule has 1 aliphatic heterocycles. The zero-order chi connectivity index (χ0) is 25.7. The summed E-state index contributed by atoms with van der Waals surface area (Å²) in [4.78, 5) is 25.8. The van der Waals surface area contributed by atoms with E-state index in [1.54, 1.807) is 29.2 Å².